The summed E-state index contributed by atoms with van der Waals surface area (Å²) in [6, 6.07) is 11.6. The minimum Gasteiger partial charge on any atom is -0.344 e. The highest BCUT2D eigenvalue weighted by Crippen LogP contribution is 2.69. The zero-order valence-electron chi connectivity index (χ0n) is 58.8. The molecule has 4 N–H and O–H groups in total. The maximum Gasteiger partial charge on any atom is 0.293 e. The maximum absolute atomic E-state index is 15.4. The summed E-state index contributed by atoms with van der Waals surface area (Å²) >= 11 is 13.0. The first-order chi connectivity index (χ1) is 54.6. The minimum atomic E-state index is -4.10. The number of anilines is 2. The summed E-state index contributed by atoms with van der Waals surface area (Å²) < 4.78 is 289. The molecule has 8 heterocycles. The van der Waals surface area contributed by atoms with E-state index < -0.39 is 225 Å². The molecule has 2 amide bonds. The average molecular weight is 1710 g/mol. The van der Waals surface area contributed by atoms with Crippen LogP contribution in [0.25, 0.3) is 55.2 Å². The van der Waals surface area contributed by atoms with Gasteiger partial charge in [-0.25, -0.2) is 89.5 Å². The highest BCUT2D eigenvalue weighted by molar-refractivity contribution is 7.92. The quantitative estimate of drug-likeness (QED) is 0.0409. The highest BCUT2D eigenvalue weighted by atomic mass is 35.5. The number of fused-ring (bicyclic) bond motifs is 10. The summed E-state index contributed by atoms with van der Waals surface area (Å²) in [7, 11) is -8.20. The van der Waals surface area contributed by atoms with Crippen molar-refractivity contribution in [3.05, 3.63) is 208 Å². The first-order valence-corrected chi connectivity index (χ1v) is 38.9. The summed E-state index contributed by atoms with van der Waals surface area (Å²) in [5, 5.41) is 19.2. The molecule has 26 nitrogen and oxygen atoms in total. The summed E-state index contributed by atoms with van der Waals surface area (Å²) in [4.78, 5) is 74.2. The zero-order chi connectivity index (χ0) is 83.2. The van der Waals surface area contributed by atoms with Gasteiger partial charge in [0.15, 0.2) is 22.9 Å². The van der Waals surface area contributed by atoms with Crippen LogP contribution in [0.5, 0.6) is 0 Å². The molecule has 6 atom stereocenters. The number of nitrogens with one attached hydrogen (secondary N) is 4. The van der Waals surface area contributed by atoms with E-state index in [1.54, 1.807) is 0 Å². The number of pyridine rings is 2. The minimum absolute atomic E-state index is 0.0386. The van der Waals surface area contributed by atoms with Gasteiger partial charge >= 0.3 is 0 Å². The standard InChI is InChI=1S/2C35H26ClF8N9O4S/c2*1-58(56,57)50-32-26-20(36)4-5-22(28(26)51(49-32)12-23(39)40)53-33(47-31-17(34(53)55)3-2-6-45-31)21(9-14-7-15(37)10-16(38)8-14)46-24(54)13-52-29-25(27(48-52)30(41)42)18-11-19(18)35(29,43)44/h2*2-8,10,18-19,21,23,30H,9,11-13H2,1H3,(H,46,54)(H,49,50)/t18-,19+,21?;18-,19+,21-/m00/s1. The summed E-state index contributed by atoms with van der Waals surface area (Å²) in [5.74, 6) is -19.7. The van der Waals surface area contributed by atoms with E-state index in [0.717, 1.165) is 45.9 Å². The zero-order valence-corrected chi connectivity index (χ0v) is 62.0. The van der Waals surface area contributed by atoms with Crippen LogP contribution in [-0.2, 0) is 80.5 Å². The molecule has 46 heteroatoms. The summed E-state index contributed by atoms with van der Waals surface area (Å²) in [5.41, 5.74) is -7.94. The lowest BCUT2D eigenvalue weighted by Crippen LogP contribution is -2.38. The van der Waals surface area contributed by atoms with Gasteiger partial charge in [-0.1, -0.05) is 23.2 Å². The van der Waals surface area contributed by atoms with E-state index in [1.807, 2.05) is 0 Å². The molecular formula is C70H52Cl2F16N18O8S2. The van der Waals surface area contributed by atoms with Gasteiger partial charge in [-0.15, -0.1) is 0 Å². The highest BCUT2D eigenvalue weighted by Gasteiger charge is 2.68. The van der Waals surface area contributed by atoms with Crippen LogP contribution < -0.4 is 31.2 Å². The fraction of sp³-hybridized carbons (Fsp3) is 0.314. The Balaban J connectivity index is 0.000000182. The predicted octanol–water partition coefficient (Wildman–Crippen LogP) is 12.3. The lowest BCUT2D eigenvalue weighted by atomic mass is 10.0. The fourth-order valence-electron chi connectivity index (χ4n) is 15.2. The van der Waals surface area contributed by atoms with Gasteiger partial charge in [0, 0.05) is 60.3 Å². The van der Waals surface area contributed by atoms with Crippen LogP contribution in [0, 0.1) is 35.1 Å². The Kier molecular flexibility index (Phi) is 20.3. The third kappa shape index (κ3) is 14.9. The van der Waals surface area contributed by atoms with E-state index in [-0.39, 0.29) is 100 Å². The number of sulfonamides is 2. The predicted molar refractivity (Wildman–Crippen MR) is 382 cm³/mol. The Morgan fingerprint density at radius 1 is 0.526 bits per heavy atom. The molecule has 4 aromatic carbocycles. The molecule has 12 aromatic rings. The van der Waals surface area contributed by atoms with Crippen molar-refractivity contribution in [3.8, 4) is 11.4 Å². The topological polar surface area (TPSA) is 317 Å². The van der Waals surface area contributed by atoms with Crippen molar-refractivity contribution in [1.29, 1.82) is 0 Å². The smallest absolute Gasteiger partial charge is 0.293 e. The first-order valence-electron chi connectivity index (χ1n) is 34.3. The Morgan fingerprint density at radius 2 is 0.888 bits per heavy atom. The normalized spacial score (nSPS) is 17.6. The van der Waals surface area contributed by atoms with Crippen molar-refractivity contribution in [2.45, 2.75) is 113 Å². The van der Waals surface area contributed by atoms with E-state index in [1.165, 1.54) is 60.9 Å². The van der Waals surface area contributed by atoms with Crippen LogP contribution >= 0.6 is 23.2 Å². The van der Waals surface area contributed by atoms with Gasteiger partial charge in [0.2, 0.25) is 31.9 Å². The van der Waals surface area contributed by atoms with Crippen molar-refractivity contribution in [2.24, 2.45) is 11.8 Å². The number of aromatic nitrogens is 14. The number of benzene rings is 4. The van der Waals surface area contributed by atoms with Crippen LogP contribution in [-0.4, -0.2) is 122 Å². The average Bonchev–Trinajstić information content (AvgIpc) is 1.52. The Labute approximate surface area is 649 Å². The molecule has 2 fully saturated rings. The molecule has 0 saturated heterocycles. The Hall–Kier alpha value is -11.3. The van der Waals surface area contributed by atoms with Crippen LogP contribution in [0.4, 0.5) is 81.9 Å². The number of alkyl halides is 12. The second-order valence-electron chi connectivity index (χ2n) is 27.7. The maximum atomic E-state index is 15.4. The number of nitrogens with zero attached hydrogens (tertiary/aromatic N) is 14. The van der Waals surface area contributed by atoms with Crippen LogP contribution in [0.15, 0.2) is 107 Å². The third-order valence-electron chi connectivity index (χ3n) is 19.6. The van der Waals surface area contributed by atoms with Crippen molar-refractivity contribution >= 4 is 111 Å². The third-order valence-corrected chi connectivity index (χ3v) is 21.3. The van der Waals surface area contributed by atoms with Crippen molar-refractivity contribution in [1.82, 2.24) is 78.8 Å². The van der Waals surface area contributed by atoms with Gasteiger partial charge in [-0.3, -0.25) is 56.5 Å². The van der Waals surface area contributed by atoms with E-state index in [0.29, 0.717) is 30.9 Å². The fourth-order valence-corrected chi connectivity index (χ4v) is 16.6. The monoisotopic (exact) mass is 1710 g/mol. The number of hydrogen-bond donors (Lipinski definition) is 4. The number of carbonyl (C=O) groups excluding carboxylic acids is 2. The number of halogens is 18. The molecule has 0 spiro atoms. The second-order valence-corrected chi connectivity index (χ2v) is 32.0. The largest absolute Gasteiger partial charge is 0.344 e. The Bertz CT molecular complexity index is 6040. The van der Waals surface area contributed by atoms with Crippen LogP contribution in [0.2, 0.25) is 10.0 Å². The van der Waals surface area contributed by atoms with E-state index >= 15 is 17.6 Å². The van der Waals surface area contributed by atoms with E-state index in [4.69, 9.17) is 23.2 Å². The van der Waals surface area contributed by atoms with E-state index in [9.17, 15) is 88.7 Å². The molecule has 0 aliphatic heterocycles. The lowest BCUT2D eigenvalue weighted by Gasteiger charge is -2.24. The van der Waals surface area contributed by atoms with Crippen molar-refractivity contribution < 1.29 is 96.7 Å². The van der Waals surface area contributed by atoms with Gasteiger partial charge in [0.05, 0.1) is 78.6 Å². The lowest BCUT2D eigenvalue weighted by molar-refractivity contribution is -0.123. The molecule has 608 valence electrons. The SMILES string of the molecule is CS(=O)(=O)Nc1nn(CC(F)F)c2c(-n3c(C(Cc4cc(F)cc(F)c4)NC(=O)Cn4nc(C(F)F)c5c4C(F)(F)[C@@H]4C[C@H]54)nc4ncccc4c3=O)ccc(Cl)c12.CS(=O)(=O)Nc1nn(CC(F)F)c2c(-n3c([C@H](Cc4cc(F)cc(F)c4)NC(=O)Cn4nc(C(F)F)c5c4C(F)(F)[C@@H]4C[C@H]54)nc4ncccc4c3=O)ccc(Cl)c12. The molecule has 116 heavy (non-hydrogen) atoms. The second kappa shape index (κ2) is 29.5. The van der Waals surface area contributed by atoms with Gasteiger partial charge in [-0.05, 0) is 109 Å². The summed E-state index contributed by atoms with van der Waals surface area (Å²) in [6.07, 6.45) is -9.80. The number of rotatable bonds is 24. The van der Waals surface area contributed by atoms with Crippen LogP contribution in [0.1, 0.15) is 106 Å². The molecule has 2 saturated carbocycles. The number of amides is 2. The Morgan fingerprint density at radius 3 is 1.22 bits per heavy atom. The molecular weight excluding hydrogens is 1660 g/mol. The molecule has 8 aromatic heterocycles. The van der Waals surface area contributed by atoms with Crippen LogP contribution in [0.3, 0.4) is 0 Å². The van der Waals surface area contributed by atoms with Gasteiger partial charge in [-0.2, -0.15) is 38.0 Å². The van der Waals surface area contributed by atoms with Crippen molar-refractivity contribution in [3.63, 3.8) is 0 Å². The van der Waals surface area contributed by atoms with Gasteiger partial charge in [0.25, 0.3) is 48.7 Å². The first kappa shape index (κ1) is 79.9. The van der Waals surface area contributed by atoms with Gasteiger partial charge in [0.1, 0.15) is 83.9 Å². The summed E-state index contributed by atoms with van der Waals surface area (Å²) in [6.45, 7) is -4.40. The molecule has 0 radical (unpaired) electrons. The molecule has 4 aliphatic rings. The van der Waals surface area contributed by atoms with E-state index in [2.05, 4.69) is 60.4 Å². The molecule has 0 bridgehead atoms. The van der Waals surface area contributed by atoms with Gasteiger partial charge < -0.3 is 10.6 Å². The number of hydrogen-bond acceptors (Lipinski definition) is 16. The molecule has 4 aliphatic carbocycles. The van der Waals surface area contributed by atoms with Crippen molar-refractivity contribution in [2.75, 3.05) is 22.0 Å². The molecule has 1 unspecified atom stereocenters. The number of carbonyl (C=O) groups is 2. The molecule has 16 rings (SSSR count).